The Bertz CT molecular complexity index is 227. The SMILES string of the molecule is CC(C)CCOCCOCCN1CCN(C(C)C)CC1. The summed E-state index contributed by atoms with van der Waals surface area (Å²) in [5.74, 6) is 0.723. The highest BCUT2D eigenvalue weighted by Crippen LogP contribution is 2.05. The van der Waals surface area contributed by atoms with E-state index in [2.05, 4.69) is 37.5 Å². The molecule has 4 heteroatoms. The van der Waals surface area contributed by atoms with E-state index < -0.39 is 0 Å². The average molecular weight is 286 g/mol. The predicted octanol–water partition coefficient (Wildman–Crippen LogP) is 2.09. The molecule has 0 N–H and O–H groups in total. The number of rotatable bonds is 10. The molecule has 1 aliphatic heterocycles. The molecule has 0 amide bonds. The van der Waals surface area contributed by atoms with Gasteiger partial charge in [0.2, 0.25) is 0 Å². The fourth-order valence-electron chi connectivity index (χ4n) is 2.34. The van der Waals surface area contributed by atoms with Crippen molar-refractivity contribution in [1.82, 2.24) is 9.80 Å². The summed E-state index contributed by atoms with van der Waals surface area (Å²) < 4.78 is 11.2. The zero-order valence-electron chi connectivity index (χ0n) is 13.9. The van der Waals surface area contributed by atoms with E-state index in [4.69, 9.17) is 9.47 Å². The van der Waals surface area contributed by atoms with Crippen LogP contribution in [0.1, 0.15) is 34.1 Å². The van der Waals surface area contributed by atoms with Gasteiger partial charge in [0.15, 0.2) is 0 Å². The molecular formula is C16H34N2O2. The van der Waals surface area contributed by atoms with E-state index >= 15 is 0 Å². The van der Waals surface area contributed by atoms with E-state index in [0.717, 1.165) is 45.3 Å². The van der Waals surface area contributed by atoms with Gasteiger partial charge in [-0.25, -0.2) is 0 Å². The van der Waals surface area contributed by atoms with Gasteiger partial charge in [-0.05, 0) is 26.2 Å². The Hall–Kier alpha value is -0.160. The van der Waals surface area contributed by atoms with E-state index in [-0.39, 0.29) is 0 Å². The Morgan fingerprint density at radius 2 is 1.40 bits per heavy atom. The highest BCUT2D eigenvalue weighted by Gasteiger charge is 2.17. The lowest BCUT2D eigenvalue weighted by Gasteiger charge is -2.36. The topological polar surface area (TPSA) is 24.9 Å². The highest BCUT2D eigenvalue weighted by atomic mass is 16.5. The van der Waals surface area contributed by atoms with Crippen LogP contribution in [0.15, 0.2) is 0 Å². The normalized spacial score (nSPS) is 18.3. The van der Waals surface area contributed by atoms with Crippen molar-refractivity contribution in [1.29, 1.82) is 0 Å². The minimum atomic E-state index is 0.677. The molecule has 0 bridgehead atoms. The molecular weight excluding hydrogens is 252 g/mol. The number of hydrogen-bond acceptors (Lipinski definition) is 4. The molecule has 0 aromatic heterocycles. The first-order chi connectivity index (χ1) is 9.59. The summed E-state index contributed by atoms with van der Waals surface area (Å²) in [7, 11) is 0. The summed E-state index contributed by atoms with van der Waals surface area (Å²) in [5, 5.41) is 0. The zero-order valence-corrected chi connectivity index (χ0v) is 13.9. The second kappa shape index (κ2) is 10.6. The fraction of sp³-hybridized carbons (Fsp3) is 1.00. The van der Waals surface area contributed by atoms with Gasteiger partial charge in [0.1, 0.15) is 0 Å². The smallest absolute Gasteiger partial charge is 0.0701 e. The second-order valence-electron chi connectivity index (χ2n) is 6.38. The molecule has 1 aliphatic rings. The van der Waals surface area contributed by atoms with Crippen LogP contribution in [0.2, 0.25) is 0 Å². The number of nitrogens with zero attached hydrogens (tertiary/aromatic N) is 2. The Kier molecular flexibility index (Phi) is 9.44. The number of piperazine rings is 1. The van der Waals surface area contributed by atoms with Crippen molar-refractivity contribution in [3.63, 3.8) is 0 Å². The Balaban J connectivity index is 1.88. The Morgan fingerprint density at radius 1 is 0.800 bits per heavy atom. The molecule has 0 aromatic rings. The van der Waals surface area contributed by atoms with Gasteiger partial charge in [-0.15, -0.1) is 0 Å². The maximum Gasteiger partial charge on any atom is 0.0701 e. The molecule has 1 fully saturated rings. The van der Waals surface area contributed by atoms with Crippen molar-refractivity contribution in [3.8, 4) is 0 Å². The summed E-state index contributed by atoms with van der Waals surface area (Å²) in [6, 6.07) is 0.677. The van der Waals surface area contributed by atoms with Crippen LogP contribution in [0, 0.1) is 5.92 Å². The minimum absolute atomic E-state index is 0.677. The molecule has 0 atom stereocenters. The van der Waals surface area contributed by atoms with E-state index in [9.17, 15) is 0 Å². The van der Waals surface area contributed by atoms with E-state index in [1.807, 2.05) is 0 Å². The van der Waals surface area contributed by atoms with E-state index in [1.54, 1.807) is 0 Å². The third-order valence-corrected chi connectivity index (χ3v) is 3.90. The molecule has 1 saturated heterocycles. The van der Waals surface area contributed by atoms with Crippen molar-refractivity contribution in [2.24, 2.45) is 5.92 Å². The maximum atomic E-state index is 5.64. The molecule has 0 saturated carbocycles. The first kappa shape index (κ1) is 17.9. The van der Waals surface area contributed by atoms with Crippen LogP contribution >= 0.6 is 0 Å². The van der Waals surface area contributed by atoms with E-state index in [1.165, 1.54) is 26.2 Å². The molecule has 0 radical (unpaired) electrons. The van der Waals surface area contributed by atoms with Crippen LogP contribution < -0.4 is 0 Å². The monoisotopic (exact) mass is 286 g/mol. The quantitative estimate of drug-likeness (QED) is 0.574. The van der Waals surface area contributed by atoms with Crippen molar-refractivity contribution >= 4 is 0 Å². The first-order valence-electron chi connectivity index (χ1n) is 8.21. The molecule has 1 heterocycles. The van der Waals surface area contributed by atoms with Crippen molar-refractivity contribution in [3.05, 3.63) is 0 Å². The molecule has 0 spiro atoms. The van der Waals surface area contributed by atoms with Gasteiger partial charge in [0.25, 0.3) is 0 Å². The Morgan fingerprint density at radius 3 is 1.95 bits per heavy atom. The summed E-state index contributed by atoms with van der Waals surface area (Å²) in [6.07, 6.45) is 1.14. The minimum Gasteiger partial charge on any atom is -0.379 e. The van der Waals surface area contributed by atoms with Crippen molar-refractivity contribution < 1.29 is 9.47 Å². The van der Waals surface area contributed by atoms with Gasteiger partial charge in [-0.2, -0.15) is 0 Å². The van der Waals surface area contributed by atoms with Gasteiger partial charge in [-0.1, -0.05) is 13.8 Å². The highest BCUT2D eigenvalue weighted by molar-refractivity contribution is 4.73. The van der Waals surface area contributed by atoms with Gasteiger partial charge < -0.3 is 9.47 Å². The van der Waals surface area contributed by atoms with Crippen molar-refractivity contribution in [2.75, 3.05) is 59.2 Å². The third-order valence-electron chi connectivity index (χ3n) is 3.90. The third kappa shape index (κ3) is 8.20. The second-order valence-corrected chi connectivity index (χ2v) is 6.38. The summed E-state index contributed by atoms with van der Waals surface area (Å²) in [6.45, 7) is 17.9. The maximum absolute atomic E-state index is 5.64. The van der Waals surface area contributed by atoms with Crippen LogP contribution in [-0.4, -0.2) is 75.0 Å². The summed E-state index contributed by atoms with van der Waals surface area (Å²) >= 11 is 0. The lowest BCUT2D eigenvalue weighted by Crippen LogP contribution is -2.49. The molecule has 4 nitrogen and oxygen atoms in total. The number of ether oxygens (including phenoxy) is 2. The molecule has 20 heavy (non-hydrogen) atoms. The molecule has 0 aliphatic carbocycles. The Labute approximate surface area is 125 Å². The molecule has 1 rings (SSSR count). The lowest BCUT2D eigenvalue weighted by molar-refractivity contribution is 0.0271. The van der Waals surface area contributed by atoms with Crippen LogP contribution in [0.3, 0.4) is 0 Å². The van der Waals surface area contributed by atoms with Gasteiger partial charge in [0.05, 0.1) is 19.8 Å². The zero-order chi connectivity index (χ0) is 14.8. The van der Waals surface area contributed by atoms with Gasteiger partial charge in [-0.3, -0.25) is 9.80 Å². The van der Waals surface area contributed by atoms with Gasteiger partial charge in [0, 0.05) is 45.4 Å². The number of hydrogen-bond donors (Lipinski definition) is 0. The first-order valence-corrected chi connectivity index (χ1v) is 8.21. The fourth-order valence-corrected chi connectivity index (χ4v) is 2.34. The predicted molar refractivity (Wildman–Crippen MR) is 84.2 cm³/mol. The average Bonchev–Trinajstić information content (AvgIpc) is 2.42. The largest absolute Gasteiger partial charge is 0.379 e. The molecule has 0 unspecified atom stereocenters. The van der Waals surface area contributed by atoms with Gasteiger partial charge >= 0.3 is 0 Å². The van der Waals surface area contributed by atoms with E-state index in [0.29, 0.717) is 6.04 Å². The van der Waals surface area contributed by atoms with Crippen LogP contribution in [-0.2, 0) is 9.47 Å². The molecule has 0 aromatic carbocycles. The lowest BCUT2D eigenvalue weighted by atomic mass is 10.1. The van der Waals surface area contributed by atoms with Crippen LogP contribution in [0.4, 0.5) is 0 Å². The summed E-state index contributed by atoms with van der Waals surface area (Å²) in [4.78, 5) is 5.04. The molecule has 120 valence electrons. The van der Waals surface area contributed by atoms with Crippen LogP contribution in [0.5, 0.6) is 0 Å². The van der Waals surface area contributed by atoms with Crippen LogP contribution in [0.25, 0.3) is 0 Å². The standard InChI is InChI=1S/C16H34N2O2/c1-15(2)5-11-19-13-14-20-12-10-17-6-8-18(9-7-17)16(3)4/h15-16H,5-14H2,1-4H3. The van der Waals surface area contributed by atoms with Crippen molar-refractivity contribution in [2.45, 2.75) is 40.2 Å². The summed E-state index contributed by atoms with van der Waals surface area (Å²) in [5.41, 5.74) is 0.